The van der Waals surface area contributed by atoms with Crippen molar-refractivity contribution in [3.8, 4) is 0 Å². The van der Waals surface area contributed by atoms with E-state index in [1.54, 1.807) is 6.07 Å². The van der Waals surface area contributed by atoms with Gasteiger partial charge in [-0.1, -0.05) is 34.8 Å². The first-order valence-corrected chi connectivity index (χ1v) is 6.33. The normalized spacial score (nSPS) is 12.5. The first-order valence-electron chi connectivity index (χ1n) is 5.57. The molecule has 0 aliphatic carbocycles. The molecule has 1 rings (SSSR count). The number of hydrogen-bond acceptors (Lipinski definition) is 2. The Morgan fingerprint density at radius 3 is 2.71 bits per heavy atom. The molecule has 94 valence electrons. The number of benzene rings is 1. The second kappa shape index (κ2) is 7.02. The van der Waals surface area contributed by atoms with Gasteiger partial charge in [0, 0.05) is 16.1 Å². The summed E-state index contributed by atoms with van der Waals surface area (Å²) in [6.45, 7) is 5.90. The smallest absolute Gasteiger partial charge is 0.0453 e. The van der Waals surface area contributed by atoms with Crippen LogP contribution in [0.25, 0.3) is 0 Å². The van der Waals surface area contributed by atoms with E-state index in [-0.39, 0.29) is 6.04 Å². The Bertz CT molecular complexity index is 391. The number of allylic oxidation sites excluding steroid dienone is 1. The van der Waals surface area contributed by atoms with Crippen molar-refractivity contribution in [2.45, 2.75) is 32.2 Å². The Hall–Kier alpha value is -0.540. The lowest BCUT2D eigenvalue weighted by Gasteiger charge is -2.16. The van der Waals surface area contributed by atoms with Crippen LogP contribution in [0.1, 0.15) is 25.3 Å². The summed E-state index contributed by atoms with van der Waals surface area (Å²) in [6.07, 6.45) is 2.70. The molecular formula is C13H18Cl2N2. The summed E-state index contributed by atoms with van der Waals surface area (Å²) in [6, 6.07) is 5.74. The van der Waals surface area contributed by atoms with E-state index in [0.717, 1.165) is 30.4 Å². The third kappa shape index (κ3) is 5.09. The minimum atomic E-state index is 0.199. The molecule has 17 heavy (non-hydrogen) atoms. The van der Waals surface area contributed by atoms with Gasteiger partial charge in [-0.25, -0.2) is 0 Å². The largest absolute Gasteiger partial charge is 0.271 e. The molecule has 0 spiro atoms. The highest BCUT2D eigenvalue weighted by Gasteiger charge is 2.10. The maximum atomic E-state index is 6.12. The first kappa shape index (κ1) is 14.5. The lowest BCUT2D eigenvalue weighted by Crippen LogP contribution is -2.36. The summed E-state index contributed by atoms with van der Waals surface area (Å²) < 4.78 is 0. The molecule has 0 amide bonds. The molecule has 1 aromatic rings. The molecule has 0 heterocycles. The van der Waals surface area contributed by atoms with Crippen LogP contribution in [0.3, 0.4) is 0 Å². The molecular weight excluding hydrogens is 255 g/mol. The Morgan fingerprint density at radius 2 is 2.18 bits per heavy atom. The quantitative estimate of drug-likeness (QED) is 0.471. The van der Waals surface area contributed by atoms with Crippen LogP contribution in [-0.2, 0) is 6.42 Å². The van der Waals surface area contributed by atoms with Crippen LogP contribution in [0.4, 0.5) is 0 Å². The highest BCUT2D eigenvalue weighted by Crippen LogP contribution is 2.23. The van der Waals surface area contributed by atoms with Crippen LogP contribution in [0.2, 0.25) is 10.0 Å². The molecule has 0 aliphatic heterocycles. The average molecular weight is 273 g/mol. The second-order valence-electron chi connectivity index (χ2n) is 4.30. The zero-order valence-corrected chi connectivity index (χ0v) is 11.5. The number of hydrogen-bond donors (Lipinski definition) is 2. The van der Waals surface area contributed by atoms with E-state index in [0.29, 0.717) is 10.0 Å². The molecule has 3 N–H and O–H groups in total. The topological polar surface area (TPSA) is 38.0 Å². The van der Waals surface area contributed by atoms with Crippen LogP contribution in [0.15, 0.2) is 30.4 Å². The second-order valence-corrected chi connectivity index (χ2v) is 5.14. The Labute approximate surface area is 113 Å². The summed E-state index contributed by atoms with van der Waals surface area (Å²) in [7, 11) is 0. The Morgan fingerprint density at radius 1 is 1.47 bits per heavy atom. The lowest BCUT2D eigenvalue weighted by atomic mass is 10.0. The van der Waals surface area contributed by atoms with Crippen LogP contribution in [0, 0.1) is 0 Å². The van der Waals surface area contributed by atoms with Crippen molar-refractivity contribution >= 4 is 23.2 Å². The van der Waals surface area contributed by atoms with Crippen LogP contribution < -0.4 is 11.3 Å². The zero-order chi connectivity index (χ0) is 12.8. The number of rotatable bonds is 6. The van der Waals surface area contributed by atoms with Gasteiger partial charge in [0.1, 0.15) is 0 Å². The summed E-state index contributed by atoms with van der Waals surface area (Å²) >= 11 is 12.0. The van der Waals surface area contributed by atoms with Crippen molar-refractivity contribution in [2.24, 2.45) is 5.84 Å². The van der Waals surface area contributed by atoms with Crippen molar-refractivity contribution < 1.29 is 0 Å². The summed E-state index contributed by atoms with van der Waals surface area (Å²) in [5, 5.41) is 1.34. The third-order valence-corrected chi connectivity index (χ3v) is 3.22. The van der Waals surface area contributed by atoms with Gasteiger partial charge in [-0.05, 0) is 43.9 Å². The highest BCUT2D eigenvalue weighted by atomic mass is 35.5. The summed E-state index contributed by atoms with van der Waals surface area (Å²) in [5.41, 5.74) is 5.03. The van der Waals surface area contributed by atoms with E-state index in [1.165, 1.54) is 0 Å². The van der Waals surface area contributed by atoms with Gasteiger partial charge in [-0.15, -0.1) is 6.58 Å². The Kier molecular flexibility index (Phi) is 6.00. The van der Waals surface area contributed by atoms with Gasteiger partial charge < -0.3 is 0 Å². The van der Waals surface area contributed by atoms with Gasteiger partial charge in [0.2, 0.25) is 0 Å². The number of hydrazine groups is 1. The number of nitrogens with one attached hydrogen (secondary N) is 1. The van der Waals surface area contributed by atoms with Crippen molar-refractivity contribution in [2.75, 3.05) is 0 Å². The van der Waals surface area contributed by atoms with E-state index < -0.39 is 0 Å². The predicted octanol–water partition coefficient (Wildman–Crippen LogP) is 3.72. The van der Waals surface area contributed by atoms with E-state index in [4.69, 9.17) is 29.0 Å². The van der Waals surface area contributed by atoms with Crippen molar-refractivity contribution in [3.63, 3.8) is 0 Å². The number of nitrogens with two attached hydrogens (primary N) is 1. The van der Waals surface area contributed by atoms with Gasteiger partial charge >= 0.3 is 0 Å². The summed E-state index contributed by atoms with van der Waals surface area (Å²) in [4.78, 5) is 0. The van der Waals surface area contributed by atoms with Gasteiger partial charge in [0.05, 0.1) is 0 Å². The fraction of sp³-hybridized carbons (Fsp3) is 0.385. The fourth-order valence-corrected chi connectivity index (χ4v) is 2.10. The highest BCUT2D eigenvalue weighted by molar-refractivity contribution is 6.35. The molecule has 0 aliphatic rings. The Balaban J connectivity index is 2.63. The molecule has 0 bridgehead atoms. The molecule has 1 aromatic carbocycles. The van der Waals surface area contributed by atoms with Gasteiger partial charge in [0.25, 0.3) is 0 Å². The average Bonchev–Trinajstić information content (AvgIpc) is 2.26. The van der Waals surface area contributed by atoms with Gasteiger partial charge in [-0.3, -0.25) is 11.3 Å². The third-order valence-electron chi connectivity index (χ3n) is 2.64. The van der Waals surface area contributed by atoms with Crippen LogP contribution >= 0.6 is 23.2 Å². The standard InChI is InChI=1S/C13H18Cl2N2/c1-9(2)3-6-12(17-16)7-10-4-5-11(14)8-13(10)15/h4-5,8,12,17H,1,3,6-7,16H2,2H3. The molecule has 1 atom stereocenters. The molecule has 0 radical (unpaired) electrons. The van der Waals surface area contributed by atoms with Crippen LogP contribution in [0.5, 0.6) is 0 Å². The molecule has 1 unspecified atom stereocenters. The van der Waals surface area contributed by atoms with E-state index in [2.05, 4.69) is 12.0 Å². The monoisotopic (exact) mass is 272 g/mol. The van der Waals surface area contributed by atoms with Gasteiger partial charge in [0.15, 0.2) is 0 Å². The maximum absolute atomic E-state index is 6.12. The maximum Gasteiger partial charge on any atom is 0.0453 e. The zero-order valence-electron chi connectivity index (χ0n) is 9.97. The fourth-order valence-electron chi connectivity index (χ4n) is 1.62. The lowest BCUT2D eigenvalue weighted by molar-refractivity contribution is 0.491. The molecule has 0 saturated carbocycles. The minimum absolute atomic E-state index is 0.199. The van der Waals surface area contributed by atoms with Gasteiger partial charge in [-0.2, -0.15) is 0 Å². The molecule has 4 heteroatoms. The molecule has 0 aromatic heterocycles. The van der Waals surface area contributed by atoms with Crippen LogP contribution in [-0.4, -0.2) is 6.04 Å². The molecule has 2 nitrogen and oxygen atoms in total. The van der Waals surface area contributed by atoms with Crippen molar-refractivity contribution in [3.05, 3.63) is 46.0 Å². The predicted molar refractivity (Wildman–Crippen MR) is 75.3 cm³/mol. The first-order chi connectivity index (χ1) is 8.02. The number of halogens is 2. The van der Waals surface area contributed by atoms with Crippen molar-refractivity contribution in [1.29, 1.82) is 0 Å². The van der Waals surface area contributed by atoms with E-state index in [1.807, 2.05) is 19.1 Å². The van der Waals surface area contributed by atoms with Crippen molar-refractivity contribution in [1.82, 2.24) is 5.43 Å². The SMILES string of the molecule is C=C(C)CCC(Cc1ccc(Cl)cc1Cl)NN. The minimum Gasteiger partial charge on any atom is -0.271 e. The summed E-state index contributed by atoms with van der Waals surface area (Å²) in [5.74, 6) is 5.54. The molecule has 0 fully saturated rings. The van der Waals surface area contributed by atoms with E-state index >= 15 is 0 Å². The molecule has 0 saturated heterocycles. The van der Waals surface area contributed by atoms with E-state index in [9.17, 15) is 0 Å².